The second-order valence-corrected chi connectivity index (χ2v) is 6.81. The molecule has 4 rings (SSSR count). The Morgan fingerprint density at radius 1 is 1.08 bits per heavy atom. The van der Waals surface area contributed by atoms with E-state index >= 15 is 0 Å². The zero-order valence-electron chi connectivity index (χ0n) is 14.5. The van der Waals surface area contributed by atoms with Crippen molar-refractivity contribution in [2.24, 2.45) is 0 Å². The first kappa shape index (κ1) is 15.7. The van der Waals surface area contributed by atoms with Gasteiger partial charge in [-0.1, -0.05) is 60.7 Å². The molecule has 0 aromatic heterocycles. The van der Waals surface area contributed by atoms with Crippen molar-refractivity contribution in [2.75, 3.05) is 5.32 Å². The molecule has 0 saturated heterocycles. The smallest absolute Gasteiger partial charge is 0.243 e. The van der Waals surface area contributed by atoms with E-state index in [1.165, 1.54) is 21.9 Å². The molecule has 0 radical (unpaired) electrons. The van der Waals surface area contributed by atoms with Gasteiger partial charge in [0.2, 0.25) is 5.91 Å². The van der Waals surface area contributed by atoms with Crippen LogP contribution in [0.4, 0.5) is 5.69 Å². The Morgan fingerprint density at radius 2 is 1.84 bits per heavy atom. The van der Waals surface area contributed by atoms with Crippen molar-refractivity contribution in [1.82, 2.24) is 5.32 Å². The largest absolute Gasteiger partial charge is 0.373 e. The quantitative estimate of drug-likeness (QED) is 0.749. The molecule has 1 aliphatic rings. The van der Waals surface area contributed by atoms with Crippen LogP contribution < -0.4 is 10.6 Å². The van der Waals surface area contributed by atoms with Gasteiger partial charge in [-0.15, -0.1) is 0 Å². The predicted molar refractivity (Wildman–Crippen MR) is 103 cm³/mol. The molecule has 1 aliphatic heterocycles. The maximum atomic E-state index is 12.8. The third-order valence-electron chi connectivity index (χ3n) is 5.07. The van der Waals surface area contributed by atoms with E-state index in [1.54, 1.807) is 0 Å². The van der Waals surface area contributed by atoms with Gasteiger partial charge in [-0.2, -0.15) is 0 Å². The third-order valence-corrected chi connectivity index (χ3v) is 5.07. The van der Waals surface area contributed by atoms with E-state index in [2.05, 4.69) is 60.0 Å². The summed E-state index contributed by atoms with van der Waals surface area (Å²) in [5.74, 6) is 0.0519. The van der Waals surface area contributed by atoms with Crippen molar-refractivity contribution in [2.45, 2.75) is 32.4 Å². The minimum atomic E-state index is -0.200. The minimum absolute atomic E-state index is 0.0368. The Kier molecular flexibility index (Phi) is 3.92. The lowest BCUT2D eigenvalue weighted by Crippen LogP contribution is -2.39. The molecule has 3 aromatic rings. The summed E-state index contributed by atoms with van der Waals surface area (Å²) < 4.78 is 0. The SMILES string of the molecule is Cc1cccc2c1NC(C(=O)NC(C)c1cccc3ccccc13)C2. The van der Waals surface area contributed by atoms with Gasteiger partial charge >= 0.3 is 0 Å². The Hall–Kier alpha value is -2.81. The summed E-state index contributed by atoms with van der Waals surface area (Å²) in [6.45, 7) is 4.12. The number of hydrogen-bond acceptors (Lipinski definition) is 2. The van der Waals surface area contributed by atoms with Crippen molar-refractivity contribution < 1.29 is 4.79 Å². The molecular weight excluding hydrogens is 308 g/mol. The number of aryl methyl sites for hydroxylation is 1. The highest BCUT2D eigenvalue weighted by atomic mass is 16.2. The number of benzene rings is 3. The molecule has 2 atom stereocenters. The van der Waals surface area contributed by atoms with Gasteiger partial charge in [0, 0.05) is 12.1 Å². The molecule has 2 unspecified atom stereocenters. The summed E-state index contributed by atoms with van der Waals surface area (Å²) in [6, 6.07) is 20.5. The van der Waals surface area contributed by atoms with Crippen LogP contribution in [0.2, 0.25) is 0 Å². The van der Waals surface area contributed by atoms with Crippen LogP contribution in [0.15, 0.2) is 60.7 Å². The number of hydrogen-bond donors (Lipinski definition) is 2. The number of carbonyl (C=O) groups is 1. The first-order valence-electron chi connectivity index (χ1n) is 8.76. The number of amides is 1. The fourth-order valence-corrected chi connectivity index (χ4v) is 3.73. The fraction of sp³-hybridized carbons (Fsp3) is 0.227. The number of para-hydroxylation sites is 1. The van der Waals surface area contributed by atoms with E-state index in [0.29, 0.717) is 0 Å². The van der Waals surface area contributed by atoms with E-state index in [4.69, 9.17) is 0 Å². The van der Waals surface area contributed by atoms with Crippen LogP contribution >= 0.6 is 0 Å². The fourth-order valence-electron chi connectivity index (χ4n) is 3.73. The van der Waals surface area contributed by atoms with Crippen LogP contribution in [-0.2, 0) is 11.2 Å². The van der Waals surface area contributed by atoms with E-state index in [0.717, 1.165) is 17.7 Å². The van der Waals surface area contributed by atoms with E-state index < -0.39 is 0 Å². The second-order valence-electron chi connectivity index (χ2n) is 6.81. The molecule has 0 bridgehead atoms. The molecule has 0 saturated carbocycles. The van der Waals surface area contributed by atoms with Gasteiger partial charge in [0.05, 0.1) is 6.04 Å². The van der Waals surface area contributed by atoms with Crippen LogP contribution in [-0.4, -0.2) is 11.9 Å². The zero-order chi connectivity index (χ0) is 17.4. The molecule has 3 heteroatoms. The van der Waals surface area contributed by atoms with Crippen LogP contribution in [0, 0.1) is 6.92 Å². The minimum Gasteiger partial charge on any atom is -0.373 e. The molecule has 25 heavy (non-hydrogen) atoms. The second kappa shape index (κ2) is 6.25. The molecule has 0 aliphatic carbocycles. The predicted octanol–water partition coefficient (Wildman–Crippen LogP) is 4.36. The number of rotatable bonds is 3. The monoisotopic (exact) mass is 330 g/mol. The lowest BCUT2D eigenvalue weighted by Gasteiger charge is -2.19. The molecule has 3 nitrogen and oxygen atoms in total. The molecular formula is C22H22N2O. The van der Waals surface area contributed by atoms with Crippen molar-refractivity contribution in [3.05, 3.63) is 77.4 Å². The molecule has 0 fully saturated rings. The van der Waals surface area contributed by atoms with Gasteiger partial charge in [-0.3, -0.25) is 4.79 Å². The number of nitrogens with one attached hydrogen (secondary N) is 2. The molecule has 126 valence electrons. The maximum Gasteiger partial charge on any atom is 0.243 e. The molecule has 2 N–H and O–H groups in total. The Bertz CT molecular complexity index is 942. The van der Waals surface area contributed by atoms with E-state index in [-0.39, 0.29) is 18.0 Å². The van der Waals surface area contributed by atoms with Crippen LogP contribution in [0.5, 0.6) is 0 Å². The Morgan fingerprint density at radius 3 is 2.68 bits per heavy atom. The van der Waals surface area contributed by atoms with Gasteiger partial charge in [0.1, 0.15) is 6.04 Å². The van der Waals surface area contributed by atoms with Gasteiger partial charge in [0.25, 0.3) is 0 Å². The lowest BCUT2D eigenvalue weighted by molar-refractivity contribution is -0.122. The molecule has 1 amide bonds. The highest BCUT2D eigenvalue weighted by Gasteiger charge is 2.28. The zero-order valence-corrected chi connectivity index (χ0v) is 14.5. The maximum absolute atomic E-state index is 12.8. The highest BCUT2D eigenvalue weighted by molar-refractivity contribution is 5.90. The van der Waals surface area contributed by atoms with Crippen molar-refractivity contribution in [3.8, 4) is 0 Å². The number of fused-ring (bicyclic) bond motifs is 2. The van der Waals surface area contributed by atoms with Crippen LogP contribution in [0.3, 0.4) is 0 Å². The lowest BCUT2D eigenvalue weighted by atomic mass is 9.99. The first-order chi connectivity index (χ1) is 12.1. The van der Waals surface area contributed by atoms with Crippen LogP contribution in [0.25, 0.3) is 10.8 Å². The molecule has 3 aromatic carbocycles. The summed E-state index contributed by atoms with van der Waals surface area (Å²) in [5.41, 5.74) is 4.67. The first-order valence-corrected chi connectivity index (χ1v) is 8.76. The Balaban J connectivity index is 1.52. The van der Waals surface area contributed by atoms with Crippen molar-refractivity contribution >= 4 is 22.4 Å². The number of anilines is 1. The molecule has 1 heterocycles. The summed E-state index contributed by atoms with van der Waals surface area (Å²) in [5, 5.41) is 8.96. The number of carbonyl (C=O) groups excluding carboxylic acids is 1. The molecule has 0 spiro atoms. The van der Waals surface area contributed by atoms with Crippen LogP contribution in [0.1, 0.15) is 29.7 Å². The normalized spacial score (nSPS) is 17.0. The van der Waals surface area contributed by atoms with Gasteiger partial charge in [-0.05, 0) is 41.3 Å². The van der Waals surface area contributed by atoms with Gasteiger partial charge in [0.15, 0.2) is 0 Å². The summed E-state index contributed by atoms with van der Waals surface area (Å²) in [6.07, 6.45) is 0.741. The van der Waals surface area contributed by atoms with E-state index in [9.17, 15) is 4.79 Å². The highest BCUT2D eigenvalue weighted by Crippen LogP contribution is 2.30. The van der Waals surface area contributed by atoms with Gasteiger partial charge < -0.3 is 10.6 Å². The topological polar surface area (TPSA) is 41.1 Å². The Labute approximate surface area is 148 Å². The summed E-state index contributed by atoms with van der Waals surface area (Å²) in [7, 11) is 0. The third kappa shape index (κ3) is 2.86. The average Bonchev–Trinajstić information content (AvgIpc) is 3.07. The standard InChI is InChI=1S/C22H22N2O/c1-14-7-5-10-17-13-20(24-21(14)17)22(25)23-15(2)18-12-6-9-16-8-3-4-11-19(16)18/h3-12,15,20,24H,13H2,1-2H3,(H,23,25). The van der Waals surface area contributed by atoms with Crippen molar-refractivity contribution in [3.63, 3.8) is 0 Å². The van der Waals surface area contributed by atoms with Gasteiger partial charge in [-0.25, -0.2) is 0 Å². The van der Waals surface area contributed by atoms with E-state index in [1.807, 2.05) is 25.1 Å². The summed E-state index contributed by atoms with van der Waals surface area (Å²) >= 11 is 0. The summed E-state index contributed by atoms with van der Waals surface area (Å²) in [4.78, 5) is 12.8. The average molecular weight is 330 g/mol. The van der Waals surface area contributed by atoms with Crippen molar-refractivity contribution in [1.29, 1.82) is 0 Å².